The van der Waals surface area contributed by atoms with Crippen LogP contribution in [0.1, 0.15) is 32.3 Å². The third-order valence-corrected chi connectivity index (χ3v) is 5.39. The van der Waals surface area contributed by atoms with Crippen LogP contribution in [0.3, 0.4) is 0 Å². The largest absolute Gasteiger partial charge is 0.385 e. The van der Waals surface area contributed by atoms with E-state index in [-0.39, 0.29) is 16.7 Å². The molecule has 0 aromatic heterocycles. The second kappa shape index (κ2) is 9.76. The highest BCUT2D eigenvalue weighted by molar-refractivity contribution is 7.89. The Morgan fingerprint density at radius 1 is 1.25 bits per heavy atom. The van der Waals surface area contributed by atoms with Crippen molar-refractivity contribution in [2.45, 2.75) is 44.6 Å². The van der Waals surface area contributed by atoms with Crippen LogP contribution in [0.4, 0.5) is 0 Å². The summed E-state index contributed by atoms with van der Waals surface area (Å²) in [6.45, 7) is 6.67. The van der Waals surface area contributed by atoms with E-state index in [4.69, 9.17) is 4.74 Å². The average Bonchev–Trinajstić information content (AvgIpc) is 2.56. The second-order valence-corrected chi connectivity index (χ2v) is 7.65. The number of nitrogens with one attached hydrogen (secondary N) is 2. The molecule has 2 N–H and O–H groups in total. The van der Waals surface area contributed by atoms with Gasteiger partial charge in [0.05, 0.1) is 4.90 Å². The van der Waals surface area contributed by atoms with Gasteiger partial charge >= 0.3 is 0 Å². The smallest absolute Gasteiger partial charge is 0.241 e. The van der Waals surface area contributed by atoms with Gasteiger partial charge in [-0.2, -0.15) is 4.72 Å². The first-order valence-electron chi connectivity index (χ1n) is 8.17. The number of sulfonamides is 1. The first-order valence-corrected chi connectivity index (χ1v) is 9.65. The summed E-state index contributed by atoms with van der Waals surface area (Å²) >= 11 is 0. The molecule has 0 unspecified atom stereocenters. The quantitative estimate of drug-likeness (QED) is 0.627. The number of hydrogen-bond donors (Lipinski definition) is 2. The summed E-state index contributed by atoms with van der Waals surface area (Å²) in [5.74, 6) is -0.427. The van der Waals surface area contributed by atoms with E-state index in [0.29, 0.717) is 26.0 Å². The molecule has 0 radical (unpaired) electrons. The van der Waals surface area contributed by atoms with Gasteiger partial charge in [0.25, 0.3) is 0 Å². The first kappa shape index (κ1) is 20.6. The van der Waals surface area contributed by atoms with E-state index in [9.17, 15) is 13.2 Å². The third-order valence-electron chi connectivity index (χ3n) is 3.93. The maximum atomic E-state index is 12.5. The topological polar surface area (TPSA) is 84.5 Å². The molecule has 1 aromatic rings. The zero-order valence-electron chi connectivity index (χ0n) is 14.8. The van der Waals surface area contributed by atoms with Crippen LogP contribution in [-0.4, -0.2) is 40.6 Å². The molecule has 0 heterocycles. The minimum Gasteiger partial charge on any atom is -0.385 e. The predicted molar refractivity (Wildman–Crippen MR) is 94.2 cm³/mol. The molecular formula is C17H28N2O4S. The maximum Gasteiger partial charge on any atom is 0.241 e. The van der Waals surface area contributed by atoms with E-state index in [0.717, 1.165) is 5.56 Å². The molecule has 6 nitrogen and oxygen atoms in total. The lowest BCUT2D eigenvalue weighted by Gasteiger charge is -2.23. The standard InChI is InChI=1S/C17H28N2O4S/c1-5-14(3)16(17(20)18-11-6-12-23-4)19-24(21,22)15-9-7-13(2)8-10-15/h7-10,14,16,19H,5-6,11-12H2,1-4H3,(H,18,20)/t14-,16-/m0/s1. The van der Waals surface area contributed by atoms with E-state index in [1.54, 1.807) is 31.4 Å². The number of benzene rings is 1. The summed E-state index contributed by atoms with van der Waals surface area (Å²) in [6, 6.07) is 5.75. The van der Waals surface area contributed by atoms with Crippen molar-refractivity contribution in [3.63, 3.8) is 0 Å². The summed E-state index contributed by atoms with van der Waals surface area (Å²) in [7, 11) is -2.15. The highest BCUT2D eigenvalue weighted by Gasteiger charge is 2.29. The molecule has 1 rings (SSSR count). The number of hydrogen-bond acceptors (Lipinski definition) is 4. The molecule has 0 aliphatic heterocycles. The van der Waals surface area contributed by atoms with Crippen LogP contribution >= 0.6 is 0 Å². The van der Waals surface area contributed by atoms with Gasteiger partial charge < -0.3 is 10.1 Å². The third kappa shape index (κ3) is 6.22. The highest BCUT2D eigenvalue weighted by Crippen LogP contribution is 2.15. The van der Waals surface area contributed by atoms with E-state index in [2.05, 4.69) is 10.0 Å². The lowest BCUT2D eigenvalue weighted by molar-refractivity contribution is -0.123. The molecule has 24 heavy (non-hydrogen) atoms. The van der Waals surface area contributed by atoms with E-state index in [1.807, 2.05) is 20.8 Å². The highest BCUT2D eigenvalue weighted by atomic mass is 32.2. The number of aryl methyl sites for hydroxylation is 1. The van der Waals surface area contributed by atoms with Crippen molar-refractivity contribution in [3.8, 4) is 0 Å². The Bertz CT molecular complexity index is 614. The number of carbonyl (C=O) groups excluding carboxylic acids is 1. The summed E-state index contributed by atoms with van der Waals surface area (Å²) in [5.41, 5.74) is 0.975. The molecule has 7 heteroatoms. The van der Waals surface area contributed by atoms with Crippen molar-refractivity contribution in [1.29, 1.82) is 0 Å². The van der Waals surface area contributed by atoms with Crippen LogP contribution in [0.2, 0.25) is 0 Å². The molecule has 1 amide bonds. The van der Waals surface area contributed by atoms with Crippen molar-refractivity contribution < 1.29 is 17.9 Å². The summed E-state index contributed by atoms with van der Waals surface area (Å²) in [6.07, 6.45) is 1.37. The van der Waals surface area contributed by atoms with Gasteiger partial charge in [-0.05, 0) is 31.4 Å². The molecule has 0 aliphatic carbocycles. The van der Waals surface area contributed by atoms with Crippen LogP contribution in [0, 0.1) is 12.8 Å². The SMILES string of the molecule is CC[C@H](C)[C@H](NS(=O)(=O)c1ccc(C)cc1)C(=O)NCCCOC. The van der Waals surface area contributed by atoms with Crippen LogP contribution < -0.4 is 10.0 Å². The Balaban J connectivity index is 2.84. The van der Waals surface area contributed by atoms with E-state index >= 15 is 0 Å². The molecule has 0 spiro atoms. The lowest BCUT2D eigenvalue weighted by atomic mass is 9.99. The maximum absolute atomic E-state index is 12.5. The molecule has 0 saturated heterocycles. The Morgan fingerprint density at radius 3 is 2.42 bits per heavy atom. The molecule has 0 fully saturated rings. The van der Waals surface area contributed by atoms with Crippen LogP contribution in [0.5, 0.6) is 0 Å². The molecule has 1 aromatic carbocycles. The number of rotatable bonds is 10. The normalized spacial score (nSPS) is 14.2. The predicted octanol–water partition coefficient (Wildman–Crippen LogP) is 1.84. The van der Waals surface area contributed by atoms with E-state index in [1.165, 1.54) is 0 Å². The van der Waals surface area contributed by atoms with Crippen LogP contribution in [0.25, 0.3) is 0 Å². The Morgan fingerprint density at radius 2 is 1.88 bits per heavy atom. The van der Waals surface area contributed by atoms with Crippen molar-refractivity contribution in [3.05, 3.63) is 29.8 Å². The monoisotopic (exact) mass is 356 g/mol. The first-order chi connectivity index (χ1) is 11.3. The van der Waals surface area contributed by atoms with Crippen molar-refractivity contribution in [2.75, 3.05) is 20.3 Å². The summed E-state index contributed by atoms with van der Waals surface area (Å²) in [4.78, 5) is 12.6. The zero-order chi connectivity index (χ0) is 18.2. The molecular weight excluding hydrogens is 328 g/mol. The summed E-state index contributed by atoms with van der Waals surface area (Å²) in [5, 5.41) is 2.77. The van der Waals surface area contributed by atoms with Gasteiger partial charge in [-0.1, -0.05) is 38.0 Å². The lowest BCUT2D eigenvalue weighted by Crippen LogP contribution is -2.50. The zero-order valence-corrected chi connectivity index (χ0v) is 15.7. The van der Waals surface area contributed by atoms with E-state index < -0.39 is 16.1 Å². The average molecular weight is 356 g/mol. The van der Waals surface area contributed by atoms with Gasteiger partial charge in [-0.15, -0.1) is 0 Å². The minimum absolute atomic E-state index is 0.118. The van der Waals surface area contributed by atoms with Gasteiger partial charge in [0.2, 0.25) is 15.9 Å². The van der Waals surface area contributed by atoms with Crippen molar-refractivity contribution in [1.82, 2.24) is 10.0 Å². The van der Waals surface area contributed by atoms with Gasteiger partial charge in [-0.25, -0.2) is 8.42 Å². The number of ether oxygens (including phenoxy) is 1. The number of methoxy groups -OCH3 is 1. The second-order valence-electron chi connectivity index (χ2n) is 5.93. The molecule has 0 bridgehead atoms. The molecule has 0 aliphatic rings. The molecule has 2 atom stereocenters. The van der Waals surface area contributed by atoms with Crippen LogP contribution in [-0.2, 0) is 19.6 Å². The Kier molecular flexibility index (Phi) is 8.38. The van der Waals surface area contributed by atoms with Gasteiger partial charge in [0.1, 0.15) is 6.04 Å². The molecule has 136 valence electrons. The fourth-order valence-electron chi connectivity index (χ4n) is 2.15. The van der Waals surface area contributed by atoms with Gasteiger partial charge in [0, 0.05) is 20.3 Å². The van der Waals surface area contributed by atoms with Gasteiger partial charge in [-0.3, -0.25) is 4.79 Å². The van der Waals surface area contributed by atoms with Gasteiger partial charge in [0.15, 0.2) is 0 Å². The number of amides is 1. The van der Waals surface area contributed by atoms with Crippen molar-refractivity contribution >= 4 is 15.9 Å². The number of carbonyl (C=O) groups is 1. The van der Waals surface area contributed by atoms with Crippen LogP contribution in [0.15, 0.2) is 29.2 Å². The fourth-order valence-corrected chi connectivity index (χ4v) is 3.46. The Labute approximate surface area is 145 Å². The minimum atomic E-state index is -3.75. The Hall–Kier alpha value is -1.44. The molecule has 0 saturated carbocycles. The summed E-state index contributed by atoms with van der Waals surface area (Å²) < 4.78 is 32.6. The van der Waals surface area contributed by atoms with Crippen molar-refractivity contribution in [2.24, 2.45) is 5.92 Å². The fraction of sp³-hybridized carbons (Fsp3) is 0.588.